The predicted molar refractivity (Wildman–Crippen MR) is 145 cm³/mol. The Labute approximate surface area is 221 Å². The molecular formula is C28H35F3N4OS. The molecule has 0 saturated carbocycles. The lowest BCUT2D eigenvalue weighted by molar-refractivity contribution is -0.0913. The Kier molecular flexibility index (Phi) is 9.70. The number of aromatic nitrogens is 1. The number of benzene rings is 1. The van der Waals surface area contributed by atoms with Gasteiger partial charge < -0.3 is 10.2 Å². The second-order valence-electron chi connectivity index (χ2n) is 9.31. The second kappa shape index (κ2) is 12.5. The Bertz CT molecular complexity index is 1170. The summed E-state index contributed by atoms with van der Waals surface area (Å²) >= 11 is 1.29. The van der Waals surface area contributed by atoms with Crippen molar-refractivity contribution < 1.29 is 18.0 Å². The molecule has 0 aliphatic carbocycles. The van der Waals surface area contributed by atoms with Crippen LogP contribution >= 0.6 is 11.3 Å². The van der Waals surface area contributed by atoms with E-state index in [9.17, 15) is 18.0 Å². The molecule has 3 rings (SSSR count). The third-order valence-corrected chi connectivity index (χ3v) is 7.44. The van der Waals surface area contributed by atoms with Gasteiger partial charge >= 0.3 is 0 Å². The van der Waals surface area contributed by atoms with Gasteiger partial charge in [0.05, 0.1) is 22.5 Å². The summed E-state index contributed by atoms with van der Waals surface area (Å²) in [6, 6.07) is 5.27. The van der Waals surface area contributed by atoms with Crippen LogP contribution in [0.1, 0.15) is 62.5 Å². The zero-order valence-corrected chi connectivity index (χ0v) is 22.8. The van der Waals surface area contributed by atoms with Gasteiger partial charge in [0.25, 0.3) is 11.8 Å². The topological polar surface area (TPSA) is 57.6 Å². The molecule has 1 saturated heterocycles. The Morgan fingerprint density at radius 2 is 2.00 bits per heavy atom. The number of piperidine rings is 1. The lowest BCUT2D eigenvalue weighted by Gasteiger charge is -2.43. The van der Waals surface area contributed by atoms with E-state index in [2.05, 4.69) is 15.3 Å². The summed E-state index contributed by atoms with van der Waals surface area (Å²) in [5.74, 6) is -3.76. The number of hydrogen-bond acceptors (Lipinski definition) is 5. The molecule has 1 fully saturated rings. The van der Waals surface area contributed by atoms with Gasteiger partial charge in [-0.2, -0.15) is 0 Å². The van der Waals surface area contributed by atoms with E-state index < -0.39 is 36.2 Å². The zero-order valence-electron chi connectivity index (χ0n) is 22.0. The zero-order chi connectivity index (χ0) is 27.2. The number of nitrogens with zero attached hydrogens (tertiary/aromatic N) is 3. The molecule has 9 heteroatoms. The first-order valence-corrected chi connectivity index (χ1v) is 13.5. The standard InChI is InChI=1S/C28H35F3N4OS/c1-6-9-24(32-15-20(7-2)8-3)33-16-23-18(4)14-28(30,31)17-35(23)27(36)25-26(37-19(5)34-25)21-10-12-22(29)13-11-21/h7,9-13,15,18,23,33H,6,8,14,16-17H2,1-5H3/b20-7-,24-9-,32-15-/t18-,23-/m1/s1. The summed E-state index contributed by atoms with van der Waals surface area (Å²) < 4.78 is 42.9. The number of carbonyl (C=O) groups is 1. The molecule has 1 N–H and O–H groups in total. The third kappa shape index (κ3) is 7.31. The fourth-order valence-electron chi connectivity index (χ4n) is 4.48. The van der Waals surface area contributed by atoms with E-state index in [1.165, 1.54) is 28.4 Å². The van der Waals surface area contributed by atoms with Gasteiger partial charge in [0.15, 0.2) is 0 Å². The number of alkyl halides is 2. The Morgan fingerprint density at radius 1 is 1.30 bits per heavy atom. The highest BCUT2D eigenvalue weighted by Crippen LogP contribution is 2.37. The van der Waals surface area contributed by atoms with Crippen LogP contribution in [0.5, 0.6) is 0 Å². The van der Waals surface area contributed by atoms with Crippen molar-refractivity contribution in [3.63, 3.8) is 0 Å². The van der Waals surface area contributed by atoms with Crippen LogP contribution in [-0.2, 0) is 0 Å². The first-order valence-electron chi connectivity index (χ1n) is 12.6. The number of likely N-dealkylation sites (tertiary alicyclic amines) is 1. The van der Waals surface area contributed by atoms with Gasteiger partial charge in [0.1, 0.15) is 17.3 Å². The van der Waals surface area contributed by atoms with E-state index in [0.717, 1.165) is 18.4 Å². The fraction of sp³-hybridized carbons (Fsp3) is 0.464. The number of hydrogen-bond donors (Lipinski definition) is 1. The van der Waals surface area contributed by atoms with Gasteiger partial charge in [0.2, 0.25) is 0 Å². The molecule has 1 aliphatic heterocycles. The molecule has 1 aromatic heterocycles. The number of carbonyl (C=O) groups excluding carboxylic acids is 1. The predicted octanol–water partition coefficient (Wildman–Crippen LogP) is 7.01. The molecule has 1 aliphatic rings. The van der Waals surface area contributed by atoms with E-state index in [1.54, 1.807) is 32.2 Å². The number of halogens is 3. The van der Waals surface area contributed by atoms with Crippen molar-refractivity contribution >= 4 is 23.5 Å². The second-order valence-corrected chi connectivity index (χ2v) is 10.5. The molecule has 37 heavy (non-hydrogen) atoms. The van der Waals surface area contributed by atoms with E-state index in [4.69, 9.17) is 0 Å². The number of aliphatic imine (C=N–C) groups is 1. The lowest BCUT2D eigenvalue weighted by Crippen LogP contribution is -2.58. The van der Waals surface area contributed by atoms with Gasteiger partial charge in [-0.15, -0.1) is 11.3 Å². The van der Waals surface area contributed by atoms with E-state index in [0.29, 0.717) is 21.3 Å². The molecule has 1 aromatic carbocycles. The molecule has 2 atom stereocenters. The number of amides is 1. The largest absolute Gasteiger partial charge is 0.368 e. The number of nitrogens with one attached hydrogen (secondary N) is 1. The Morgan fingerprint density at radius 3 is 2.62 bits per heavy atom. The summed E-state index contributed by atoms with van der Waals surface area (Å²) in [5.41, 5.74) is 1.82. The quantitative estimate of drug-likeness (QED) is 0.354. The first-order chi connectivity index (χ1) is 17.6. The molecule has 2 aromatic rings. The van der Waals surface area contributed by atoms with Crippen molar-refractivity contribution in [3.8, 4) is 10.4 Å². The number of allylic oxidation sites excluding steroid dienone is 3. The lowest BCUT2D eigenvalue weighted by atomic mass is 9.88. The molecular weight excluding hydrogens is 497 g/mol. The highest BCUT2D eigenvalue weighted by Gasteiger charge is 2.46. The minimum Gasteiger partial charge on any atom is -0.368 e. The maximum absolute atomic E-state index is 14.7. The highest BCUT2D eigenvalue weighted by atomic mass is 32.1. The van der Waals surface area contributed by atoms with Crippen molar-refractivity contribution in [3.05, 3.63) is 64.3 Å². The summed E-state index contributed by atoms with van der Waals surface area (Å²) in [6.07, 6.45) is 7.01. The Balaban J connectivity index is 1.90. The van der Waals surface area contributed by atoms with Crippen LogP contribution in [0.3, 0.4) is 0 Å². The van der Waals surface area contributed by atoms with E-state index in [1.807, 2.05) is 32.9 Å². The summed E-state index contributed by atoms with van der Waals surface area (Å²) in [6.45, 7) is 9.09. The van der Waals surface area contributed by atoms with Crippen LogP contribution in [0.2, 0.25) is 0 Å². The summed E-state index contributed by atoms with van der Waals surface area (Å²) in [7, 11) is 0. The van der Waals surface area contributed by atoms with Crippen molar-refractivity contribution in [1.82, 2.24) is 15.2 Å². The smallest absolute Gasteiger partial charge is 0.274 e. The van der Waals surface area contributed by atoms with E-state index >= 15 is 0 Å². The maximum atomic E-state index is 14.7. The summed E-state index contributed by atoms with van der Waals surface area (Å²) in [5, 5.41) is 3.92. The van der Waals surface area contributed by atoms with Crippen molar-refractivity contribution in [2.75, 3.05) is 13.1 Å². The minimum atomic E-state index is -3.01. The molecule has 0 bridgehead atoms. The number of aryl methyl sites for hydroxylation is 1. The summed E-state index contributed by atoms with van der Waals surface area (Å²) in [4.78, 5) is 24.5. The van der Waals surface area contributed by atoms with Gasteiger partial charge in [-0.05, 0) is 62.0 Å². The minimum absolute atomic E-state index is 0.118. The average molecular weight is 533 g/mol. The van der Waals surface area contributed by atoms with Crippen LogP contribution in [0.25, 0.3) is 10.4 Å². The average Bonchev–Trinajstić information content (AvgIpc) is 3.24. The van der Waals surface area contributed by atoms with Crippen LogP contribution in [0.15, 0.2) is 52.8 Å². The monoisotopic (exact) mass is 532 g/mol. The van der Waals surface area contributed by atoms with Crippen LogP contribution in [-0.4, -0.2) is 47.1 Å². The molecule has 1 amide bonds. The Hall–Kier alpha value is -2.94. The maximum Gasteiger partial charge on any atom is 0.274 e. The number of rotatable bonds is 9. The van der Waals surface area contributed by atoms with Gasteiger partial charge in [-0.3, -0.25) is 4.79 Å². The third-order valence-electron chi connectivity index (χ3n) is 6.42. The molecule has 0 spiro atoms. The van der Waals surface area contributed by atoms with Crippen molar-refractivity contribution in [1.29, 1.82) is 0 Å². The van der Waals surface area contributed by atoms with Crippen LogP contribution < -0.4 is 5.32 Å². The van der Waals surface area contributed by atoms with Crippen LogP contribution in [0.4, 0.5) is 13.2 Å². The van der Waals surface area contributed by atoms with Gasteiger partial charge in [-0.25, -0.2) is 23.1 Å². The van der Waals surface area contributed by atoms with E-state index in [-0.39, 0.29) is 18.7 Å². The molecule has 0 radical (unpaired) electrons. The first kappa shape index (κ1) is 28.6. The van der Waals surface area contributed by atoms with Crippen molar-refractivity contribution in [2.24, 2.45) is 10.9 Å². The molecule has 2 heterocycles. The molecule has 200 valence electrons. The number of thiazole rings is 1. The van der Waals surface area contributed by atoms with Gasteiger partial charge in [-0.1, -0.05) is 39.0 Å². The van der Waals surface area contributed by atoms with Gasteiger partial charge in [0, 0.05) is 19.2 Å². The highest BCUT2D eigenvalue weighted by molar-refractivity contribution is 7.15. The normalized spacial score (nSPS) is 20.5. The SMILES string of the molecule is C\C=C(/C=N\C(=C\CC)NC[C@@H]1[C@H](C)CC(F)(F)CN1C(=O)c1nc(C)sc1-c1ccc(F)cc1)CC. The molecule has 0 unspecified atom stereocenters. The fourth-order valence-corrected chi connectivity index (χ4v) is 5.40. The van der Waals surface area contributed by atoms with Crippen molar-refractivity contribution in [2.45, 2.75) is 65.8 Å². The molecule has 5 nitrogen and oxygen atoms in total. The van der Waals surface area contributed by atoms with Crippen LogP contribution in [0, 0.1) is 18.7 Å².